The maximum absolute atomic E-state index is 5.04. The first-order valence-electron chi connectivity index (χ1n) is 3.03. The molecule has 0 unspecified atom stereocenters. The maximum Gasteiger partial charge on any atom is 0.0999 e. The van der Waals surface area contributed by atoms with E-state index in [0.717, 1.165) is 22.2 Å². The van der Waals surface area contributed by atoms with Gasteiger partial charge in [-0.2, -0.15) is 0 Å². The number of hydrogen-bond acceptors (Lipinski definition) is 1. The van der Waals surface area contributed by atoms with Gasteiger partial charge in [-0.3, -0.25) is 0 Å². The predicted octanol–water partition coefficient (Wildman–Crippen LogP) is 2.76. The summed E-state index contributed by atoms with van der Waals surface area (Å²) in [6.45, 7) is 3.82. The number of allylic oxidation sites excluding steroid dienone is 4. The van der Waals surface area contributed by atoms with Gasteiger partial charge in [0.25, 0.3) is 0 Å². The molecule has 1 rings (SSSR count). The molecule has 1 nitrogen and oxygen atoms in total. The molecule has 0 saturated carbocycles. The standard InChI is InChI=1S/C8H9BrO/c1-6-5-7(10-2)3-4-8(6)9/h4-5H,1,3H2,2H3. The molecule has 0 aromatic carbocycles. The third-order valence-electron chi connectivity index (χ3n) is 1.39. The van der Waals surface area contributed by atoms with Crippen LogP contribution in [0.4, 0.5) is 0 Å². The van der Waals surface area contributed by atoms with Gasteiger partial charge in [0.2, 0.25) is 0 Å². The Kier molecular flexibility index (Phi) is 2.33. The molecule has 2 heteroatoms. The third kappa shape index (κ3) is 1.51. The van der Waals surface area contributed by atoms with Crippen LogP contribution in [-0.2, 0) is 4.74 Å². The Morgan fingerprint density at radius 2 is 2.40 bits per heavy atom. The minimum atomic E-state index is 0.857. The van der Waals surface area contributed by atoms with Crippen molar-refractivity contribution in [2.24, 2.45) is 0 Å². The van der Waals surface area contributed by atoms with Crippen molar-refractivity contribution in [2.75, 3.05) is 7.11 Å². The van der Waals surface area contributed by atoms with Crippen LogP contribution in [0.15, 0.2) is 34.5 Å². The first-order valence-corrected chi connectivity index (χ1v) is 3.83. The van der Waals surface area contributed by atoms with Gasteiger partial charge in [-0.05, 0) is 11.6 Å². The van der Waals surface area contributed by atoms with Crippen LogP contribution in [0.2, 0.25) is 0 Å². The maximum atomic E-state index is 5.04. The van der Waals surface area contributed by atoms with E-state index in [9.17, 15) is 0 Å². The lowest BCUT2D eigenvalue weighted by Gasteiger charge is -2.10. The minimum Gasteiger partial charge on any atom is -0.501 e. The number of hydrogen-bond donors (Lipinski definition) is 0. The van der Waals surface area contributed by atoms with E-state index >= 15 is 0 Å². The van der Waals surface area contributed by atoms with Gasteiger partial charge in [-0.1, -0.05) is 28.6 Å². The zero-order valence-corrected chi connectivity index (χ0v) is 7.44. The molecule has 1 aliphatic carbocycles. The van der Waals surface area contributed by atoms with Crippen LogP contribution in [0.3, 0.4) is 0 Å². The fourth-order valence-electron chi connectivity index (χ4n) is 0.786. The molecule has 54 valence electrons. The highest BCUT2D eigenvalue weighted by molar-refractivity contribution is 9.12. The van der Waals surface area contributed by atoms with Gasteiger partial charge in [0, 0.05) is 10.9 Å². The van der Waals surface area contributed by atoms with Crippen LogP contribution < -0.4 is 0 Å². The molecule has 0 bridgehead atoms. The molecule has 0 heterocycles. The number of halogens is 1. The Balaban J connectivity index is 2.74. The predicted molar refractivity (Wildman–Crippen MR) is 45.9 cm³/mol. The van der Waals surface area contributed by atoms with E-state index in [2.05, 4.69) is 22.5 Å². The Labute approximate surface area is 69.2 Å². The van der Waals surface area contributed by atoms with Crippen molar-refractivity contribution in [3.63, 3.8) is 0 Å². The van der Waals surface area contributed by atoms with Crippen LogP contribution in [0.5, 0.6) is 0 Å². The molecule has 0 radical (unpaired) electrons. The normalized spacial score (nSPS) is 18.0. The van der Waals surface area contributed by atoms with Gasteiger partial charge in [0.15, 0.2) is 0 Å². The second kappa shape index (κ2) is 3.06. The summed E-state index contributed by atoms with van der Waals surface area (Å²) in [7, 11) is 1.67. The Morgan fingerprint density at radius 1 is 1.70 bits per heavy atom. The summed E-state index contributed by atoms with van der Waals surface area (Å²) in [4.78, 5) is 0. The van der Waals surface area contributed by atoms with Crippen molar-refractivity contribution in [1.82, 2.24) is 0 Å². The summed E-state index contributed by atoms with van der Waals surface area (Å²) in [5.74, 6) is 0.966. The molecule has 0 saturated heterocycles. The Morgan fingerprint density at radius 3 is 2.90 bits per heavy atom. The van der Waals surface area contributed by atoms with Crippen LogP contribution in [0.25, 0.3) is 0 Å². The van der Waals surface area contributed by atoms with Crippen molar-refractivity contribution in [1.29, 1.82) is 0 Å². The van der Waals surface area contributed by atoms with Gasteiger partial charge >= 0.3 is 0 Å². The number of ether oxygens (including phenoxy) is 1. The van der Waals surface area contributed by atoms with Gasteiger partial charge in [-0.25, -0.2) is 0 Å². The summed E-state index contributed by atoms with van der Waals surface area (Å²) in [6, 6.07) is 0. The van der Waals surface area contributed by atoms with E-state index < -0.39 is 0 Å². The average molecular weight is 201 g/mol. The van der Waals surface area contributed by atoms with Crippen LogP contribution in [0, 0.1) is 0 Å². The van der Waals surface area contributed by atoms with E-state index in [4.69, 9.17) is 4.74 Å². The van der Waals surface area contributed by atoms with Gasteiger partial charge in [0.05, 0.1) is 12.9 Å². The van der Waals surface area contributed by atoms with Gasteiger partial charge in [0.1, 0.15) is 0 Å². The highest BCUT2D eigenvalue weighted by Crippen LogP contribution is 2.25. The Bertz CT molecular complexity index is 213. The summed E-state index contributed by atoms with van der Waals surface area (Å²) >= 11 is 3.37. The first kappa shape index (κ1) is 7.61. The van der Waals surface area contributed by atoms with Gasteiger partial charge in [-0.15, -0.1) is 0 Å². The van der Waals surface area contributed by atoms with Crippen molar-refractivity contribution < 1.29 is 4.74 Å². The van der Waals surface area contributed by atoms with E-state index in [1.54, 1.807) is 7.11 Å². The van der Waals surface area contributed by atoms with Crippen LogP contribution in [0.1, 0.15) is 6.42 Å². The van der Waals surface area contributed by atoms with Crippen molar-refractivity contribution in [2.45, 2.75) is 6.42 Å². The molecule has 0 aliphatic heterocycles. The highest BCUT2D eigenvalue weighted by atomic mass is 79.9. The minimum absolute atomic E-state index is 0.857. The average Bonchev–Trinajstić information content (AvgIpc) is 1.95. The summed E-state index contributed by atoms with van der Waals surface area (Å²) in [5.41, 5.74) is 0.975. The fourth-order valence-corrected chi connectivity index (χ4v) is 1.06. The quantitative estimate of drug-likeness (QED) is 0.633. The summed E-state index contributed by atoms with van der Waals surface area (Å²) in [5, 5.41) is 0. The van der Waals surface area contributed by atoms with E-state index in [1.807, 2.05) is 12.2 Å². The first-order chi connectivity index (χ1) is 4.74. The topological polar surface area (TPSA) is 9.23 Å². The summed E-state index contributed by atoms with van der Waals surface area (Å²) in [6.07, 6.45) is 4.83. The largest absolute Gasteiger partial charge is 0.501 e. The van der Waals surface area contributed by atoms with E-state index in [-0.39, 0.29) is 0 Å². The monoisotopic (exact) mass is 200 g/mol. The molecule has 0 aromatic heterocycles. The molecular weight excluding hydrogens is 192 g/mol. The number of rotatable bonds is 1. The SMILES string of the molecule is C=C1C=C(OC)CC=C1Br. The van der Waals surface area contributed by atoms with Crippen molar-refractivity contribution >= 4 is 15.9 Å². The van der Waals surface area contributed by atoms with Crippen LogP contribution >= 0.6 is 15.9 Å². The third-order valence-corrected chi connectivity index (χ3v) is 2.22. The zero-order chi connectivity index (χ0) is 7.56. The van der Waals surface area contributed by atoms with Crippen molar-refractivity contribution in [3.05, 3.63) is 34.5 Å². The zero-order valence-electron chi connectivity index (χ0n) is 5.86. The molecular formula is C8H9BrO. The smallest absolute Gasteiger partial charge is 0.0999 e. The lowest BCUT2D eigenvalue weighted by atomic mass is 10.1. The molecule has 0 N–H and O–H groups in total. The summed E-state index contributed by atoms with van der Waals surface area (Å²) < 4.78 is 6.11. The second-order valence-electron chi connectivity index (χ2n) is 2.10. The molecule has 0 fully saturated rings. The second-order valence-corrected chi connectivity index (χ2v) is 2.95. The van der Waals surface area contributed by atoms with Crippen LogP contribution in [-0.4, -0.2) is 7.11 Å². The Hall–Kier alpha value is -0.500. The van der Waals surface area contributed by atoms with Gasteiger partial charge < -0.3 is 4.74 Å². The molecule has 0 atom stereocenters. The highest BCUT2D eigenvalue weighted by Gasteiger charge is 2.05. The molecule has 1 aliphatic rings. The lowest BCUT2D eigenvalue weighted by molar-refractivity contribution is 0.284. The molecule has 0 aromatic rings. The molecule has 10 heavy (non-hydrogen) atoms. The fraction of sp³-hybridized carbons (Fsp3) is 0.250. The van der Waals surface area contributed by atoms with E-state index in [0.29, 0.717) is 0 Å². The molecule has 0 spiro atoms. The lowest BCUT2D eigenvalue weighted by Crippen LogP contribution is -1.92. The molecule has 0 amide bonds. The van der Waals surface area contributed by atoms with E-state index in [1.165, 1.54) is 0 Å². The van der Waals surface area contributed by atoms with Crippen molar-refractivity contribution in [3.8, 4) is 0 Å². The number of methoxy groups -OCH3 is 1.